The van der Waals surface area contributed by atoms with Crippen LogP contribution in [0.4, 0.5) is 0 Å². The number of hydrogen-bond donors (Lipinski definition) is 1. The third-order valence-electron chi connectivity index (χ3n) is 9.72. The molecule has 4 saturated carbocycles. The zero-order valence-electron chi connectivity index (χ0n) is 20.0. The Morgan fingerprint density at radius 1 is 0.750 bits per heavy atom. The highest BCUT2D eigenvalue weighted by molar-refractivity contribution is 5.67. The van der Waals surface area contributed by atoms with Crippen molar-refractivity contribution in [3.63, 3.8) is 0 Å². The Kier molecular flexibility index (Phi) is 5.88. The molecule has 180 valence electrons. The monoisotopic (exact) mass is 450 g/mol. The molecule has 4 rings (SSSR count). The summed E-state index contributed by atoms with van der Waals surface area (Å²) in [6.07, 6.45) is 5.06. The maximum atomic E-state index is 12.4. The van der Waals surface area contributed by atoms with Crippen LogP contribution in [0.1, 0.15) is 86.0 Å². The summed E-state index contributed by atoms with van der Waals surface area (Å²) in [5, 5.41) is 12.4. The van der Waals surface area contributed by atoms with Crippen LogP contribution in [0.15, 0.2) is 0 Å². The van der Waals surface area contributed by atoms with Crippen LogP contribution >= 0.6 is 0 Å². The molecule has 4 aliphatic rings. The fourth-order valence-electron chi connectivity index (χ4n) is 8.25. The minimum Gasteiger partial charge on any atom is -0.462 e. The van der Waals surface area contributed by atoms with Crippen molar-refractivity contribution in [1.29, 1.82) is 0 Å². The lowest BCUT2D eigenvalue weighted by molar-refractivity contribution is -0.277. The quantitative estimate of drug-likeness (QED) is 0.518. The van der Waals surface area contributed by atoms with E-state index in [4.69, 9.17) is 14.2 Å². The van der Waals surface area contributed by atoms with E-state index >= 15 is 0 Å². The Hall–Kier alpha value is -1.63. The number of hydrogen-bond acceptors (Lipinski definition) is 7. The first kappa shape index (κ1) is 23.5. The SMILES string of the molecule is CC(=O)O[C@H]1C[C@@H]2CC[C@H]3[C@H]4CC[C@@H](OC(C)=O)[C@]4(C)CC[C@]3(O)[C@@]2(C)[C@@H](OC(C)=O)C1. The highest BCUT2D eigenvalue weighted by atomic mass is 16.6. The van der Waals surface area contributed by atoms with Crippen molar-refractivity contribution in [3.05, 3.63) is 0 Å². The van der Waals surface area contributed by atoms with E-state index in [0.29, 0.717) is 19.3 Å². The van der Waals surface area contributed by atoms with E-state index in [9.17, 15) is 19.5 Å². The number of fused-ring (bicyclic) bond motifs is 5. The standard InChI is InChI=1S/C25H38O7/c1-14(26)30-18-12-17-6-7-20-19-8-9-21(31-15(2)27)23(19,4)10-11-25(20,29)24(17,5)22(13-18)32-16(3)28/h17-22,29H,6-13H2,1-5H3/t17-,18-,19+,20-,21+,22-,23+,24+,25+/m0/s1. The summed E-state index contributed by atoms with van der Waals surface area (Å²) in [4.78, 5) is 35.4. The first-order valence-electron chi connectivity index (χ1n) is 12.2. The summed E-state index contributed by atoms with van der Waals surface area (Å²) in [5.74, 6) is -0.531. The number of carbonyl (C=O) groups is 3. The van der Waals surface area contributed by atoms with E-state index in [0.717, 1.165) is 32.1 Å². The third-order valence-corrected chi connectivity index (χ3v) is 9.72. The first-order chi connectivity index (χ1) is 14.9. The molecular formula is C25H38O7. The van der Waals surface area contributed by atoms with Crippen LogP contribution < -0.4 is 0 Å². The molecule has 4 fully saturated rings. The fraction of sp³-hybridized carbons (Fsp3) is 0.880. The number of rotatable bonds is 3. The maximum Gasteiger partial charge on any atom is 0.302 e. The van der Waals surface area contributed by atoms with E-state index in [1.807, 2.05) is 0 Å². The summed E-state index contributed by atoms with van der Waals surface area (Å²) >= 11 is 0. The Labute approximate surface area is 190 Å². The Bertz CT molecular complexity index is 795. The summed E-state index contributed by atoms with van der Waals surface area (Å²) < 4.78 is 17.1. The number of aliphatic hydroxyl groups is 1. The lowest BCUT2D eigenvalue weighted by Crippen LogP contribution is -2.70. The number of carbonyl (C=O) groups excluding carboxylic acids is 3. The molecular weight excluding hydrogens is 412 g/mol. The van der Waals surface area contributed by atoms with Crippen molar-refractivity contribution in [2.24, 2.45) is 28.6 Å². The highest BCUT2D eigenvalue weighted by Crippen LogP contribution is 2.68. The van der Waals surface area contributed by atoms with Gasteiger partial charge in [0.25, 0.3) is 0 Å². The minimum absolute atomic E-state index is 0.0615. The highest BCUT2D eigenvalue weighted by Gasteiger charge is 2.70. The Morgan fingerprint density at radius 3 is 1.97 bits per heavy atom. The summed E-state index contributed by atoms with van der Waals surface area (Å²) in [6.45, 7) is 8.57. The van der Waals surface area contributed by atoms with Crippen molar-refractivity contribution in [2.75, 3.05) is 0 Å². The molecule has 9 atom stereocenters. The van der Waals surface area contributed by atoms with Crippen molar-refractivity contribution in [1.82, 2.24) is 0 Å². The molecule has 0 spiro atoms. The molecule has 1 N–H and O–H groups in total. The molecule has 0 unspecified atom stereocenters. The molecule has 0 aromatic carbocycles. The van der Waals surface area contributed by atoms with E-state index < -0.39 is 17.1 Å². The van der Waals surface area contributed by atoms with Gasteiger partial charge < -0.3 is 19.3 Å². The van der Waals surface area contributed by atoms with Gasteiger partial charge >= 0.3 is 17.9 Å². The van der Waals surface area contributed by atoms with Gasteiger partial charge in [-0.3, -0.25) is 14.4 Å². The second kappa shape index (κ2) is 8.00. The van der Waals surface area contributed by atoms with Gasteiger partial charge in [-0.25, -0.2) is 0 Å². The first-order valence-corrected chi connectivity index (χ1v) is 12.2. The molecule has 0 heterocycles. The average molecular weight is 451 g/mol. The topological polar surface area (TPSA) is 99.1 Å². The zero-order valence-corrected chi connectivity index (χ0v) is 20.0. The molecule has 0 bridgehead atoms. The molecule has 0 aliphatic heterocycles. The van der Waals surface area contributed by atoms with Crippen molar-refractivity contribution < 1.29 is 33.7 Å². The Morgan fingerprint density at radius 2 is 1.34 bits per heavy atom. The van der Waals surface area contributed by atoms with Crippen LogP contribution in [0, 0.1) is 28.6 Å². The van der Waals surface area contributed by atoms with Crippen molar-refractivity contribution in [2.45, 2.75) is 110 Å². The predicted octanol–water partition coefficient (Wildman–Crippen LogP) is 3.55. The molecule has 0 aromatic rings. The van der Waals surface area contributed by atoms with Crippen molar-refractivity contribution >= 4 is 17.9 Å². The largest absolute Gasteiger partial charge is 0.462 e. The third kappa shape index (κ3) is 3.46. The second-order valence-electron chi connectivity index (χ2n) is 11.2. The average Bonchev–Trinajstić information content (AvgIpc) is 2.99. The molecule has 0 saturated heterocycles. The van der Waals surface area contributed by atoms with Crippen LogP contribution in [0.2, 0.25) is 0 Å². The van der Waals surface area contributed by atoms with Crippen molar-refractivity contribution in [3.8, 4) is 0 Å². The summed E-state index contributed by atoms with van der Waals surface area (Å²) in [7, 11) is 0. The Balaban J connectivity index is 1.67. The van der Waals surface area contributed by atoms with Gasteiger partial charge in [0, 0.05) is 38.0 Å². The smallest absolute Gasteiger partial charge is 0.302 e. The maximum absolute atomic E-state index is 12.4. The van der Waals surface area contributed by atoms with Gasteiger partial charge in [0.1, 0.15) is 18.3 Å². The van der Waals surface area contributed by atoms with Crippen LogP contribution in [0.3, 0.4) is 0 Å². The summed E-state index contributed by atoms with van der Waals surface area (Å²) in [6, 6.07) is 0. The minimum atomic E-state index is -0.980. The van der Waals surface area contributed by atoms with Crippen LogP contribution in [0.5, 0.6) is 0 Å². The van der Waals surface area contributed by atoms with E-state index in [1.54, 1.807) is 0 Å². The molecule has 4 aliphatic carbocycles. The van der Waals surface area contributed by atoms with E-state index in [-0.39, 0.29) is 53.3 Å². The van der Waals surface area contributed by atoms with Gasteiger partial charge in [-0.2, -0.15) is 0 Å². The van der Waals surface area contributed by atoms with E-state index in [2.05, 4.69) is 13.8 Å². The van der Waals surface area contributed by atoms with Crippen LogP contribution in [-0.2, 0) is 28.6 Å². The van der Waals surface area contributed by atoms with Crippen LogP contribution in [0.25, 0.3) is 0 Å². The van der Waals surface area contributed by atoms with Crippen LogP contribution in [-0.4, -0.2) is 46.9 Å². The van der Waals surface area contributed by atoms with Gasteiger partial charge in [0.05, 0.1) is 5.60 Å². The predicted molar refractivity (Wildman–Crippen MR) is 115 cm³/mol. The molecule has 32 heavy (non-hydrogen) atoms. The lowest BCUT2D eigenvalue weighted by Gasteiger charge is -2.66. The molecule has 0 amide bonds. The normalized spacial score (nSPS) is 47.4. The van der Waals surface area contributed by atoms with Gasteiger partial charge in [0.2, 0.25) is 0 Å². The molecule has 0 aromatic heterocycles. The molecule has 7 nitrogen and oxygen atoms in total. The van der Waals surface area contributed by atoms with Gasteiger partial charge in [-0.15, -0.1) is 0 Å². The summed E-state index contributed by atoms with van der Waals surface area (Å²) in [5.41, 5.74) is -1.73. The number of esters is 3. The molecule has 0 radical (unpaired) electrons. The molecule has 7 heteroatoms. The van der Waals surface area contributed by atoms with E-state index in [1.165, 1.54) is 20.8 Å². The van der Waals surface area contributed by atoms with Gasteiger partial charge in [-0.05, 0) is 62.7 Å². The lowest BCUT2D eigenvalue weighted by atomic mass is 9.42. The second-order valence-corrected chi connectivity index (χ2v) is 11.2. The number of ether oxygens (including phenoxy) is 3. The fourth-order valence-corrected chi connectivity index (χ4v) is 8.25. The van der Waals surface area contributed by atoms with Gasteiger partial charge in [0.15, 0.2) is 0 Å². The van der Waals surface area contributed by atoms with Gasteiger partial charge in [-0.1, -0.05) is 13.8 Å². The zero-order chi connectivity index (χ0) is 23.5.